The molecule has 0 amide bonds. The predicted octanol–water partition coefficient (Wildman–Crippen LogP) is 4.61. The topological polar surface area (TPSA) is 39.7 Å². The predicted molar refractivity (Wildman–Crippen MR) is 104 cm³/mol. The van der Waals surface area contributed by atoms with E-state index in [0.717, 1.165) is 17.7 Å². The van der Waals surface area contributed by atoms with Gasteiger partial charge >= 0.3 is 0 Å². The van der Waals surface area contributed by atoms with E-state index in [0.29, 0.717) is 36.3 Å². The Bertz CT molecular complexity index is 669. The Labute approximate surface area is 165 Å². The Morgan fingerprint density at radius 2 is 1.81 bits per heavy atom. The molecule has 0 aliphatic rings. The quantitative estimate of drug-likeness (QED) is 0.587. The van der Waals surface area contributed by atoms with Crippen LogP contribution < -0.4 is 14.8 Å². The van der Waals surface area contributed by atoms with E-state index in [2.05, 4.69) is 5.32 Å². The summed E-state index contributed by atoms with van der Waals surface area (Å²) in [6.07, 6.45) is 0. The van der Waals surface area contributed by atoms with Gasteiger partial charge in [0.15, 0.2) is 11.5 Å². The maximum atomic E-state index is 13.0. The highest BCUT2D eigenvalue weighted by Crippen LogP contribution is 2.37. The van der Waals surface area contributed by atoms with Crippen molar-refractivity contribution in [3.8, 4) is 11.5 Å². The van der Waals surface area contributed by atoms with Crippen molar-refractivity contribution < 1.29 is 18.6 Å². The second-order valence-electron chi connectivity index (χ2n) is 5.42. The number of halogens is 3. The zero-order valence-electron chi connectivity index (χ0n) is 14.9. The Morgan fingerprint density at radius 1 is 1.08 bits per heavy atom. The highest BCUT2D eigenvalue weighted by atomic mass is 35.5. The van der Waals surface area contributed by atoms with Gasteiger partial charge in [0.25, 0.3) is 0 Å². The van der Waals surface area contributed by atoms with Crippen molar-refractivity contribution in [3.63, 3.8) is 0 Å². The standard InChI is InChI=1S/C19H23ClFNO3.ClH/c1-3-24-18-11-15(12-22-8-9-23-2)10-17(20)19(18)25-13-14-4-6-16(21)7-5-14;/h4-7,10-11,22H,3,8-9,12-13H2,1-2H3;1H. The van der Waals surface area contributed by atoms with Crippen molar-refractivity contribution in [1.29, 1.82) is 0 Å². The van der Waals surface area contributed by atoms with Crippen molar-refractivity contribution in [1.82, 2.24) is 5.32 Å². The van der Waals surface area contributed by atoms with Crippen LogP contribution in [0.4, 0.5) is 4.39 Å². The van der Waals surface area contributed by atoms with Crippen LogP contribution in [0.1, 0.15) is 18.1 Å². The van der Waals surface area contributed by atoms with E-state index in [1.807, 2.05) is 19.1 Å². The largest absolute Gasteiger partial charge is 0.490 e. The second-order valence-corrected chi connectivity index (χ2v) is 5.83. The first kappa shape index (κ1) is 22.5. The molecule has 2 aromatic carbocycles. The first-order valence-electron chi connectivity index (χ1n) is 8.16. The number of rotatable bonds is 10. The van der Waals surface area contributed by atoms with E-state index >= 15 is 0 Å². The molecule has 0 unspecified atom stereocenters. The van der Waals surface area contributed by atoms with Crippen LogP contribution in [0.3, 0.4) is 0 Å². The van der Waals surface area contributed by atoms with Gasteiger partial charge in [-0.05, 0) is 42.3 Å². The molecule has 144 valence electrons. The average molecular weight is 404 g/mol. The summed E-state index contributed by atoms with van der Waals surface area (Å²) >= 11 is 6.38. The van der Waals surface area contributed by atoms with E-state index in [9.17, 15) is 4.39 Å². The molecular weight excluding hydrogens is 380 g/mol. The van der Waals surface area contributed by atoms with Gasteiger partial charge in [-0.3, -0.25) is 0 Å². The van der Waals surface area contributed by atoms with E-state index in [1.54, 1.807) is 19.2 Å². The van der Waals surface area contributed by atoms with Crippen molar-refractivity contribution in [2.75, 3.05) is 26.9 Å². The molecule has 0 radical (unpaired) electrons. The van der Waals surface area contributed by atoms with Gasteiger partial charge in [0.2, 0.25) is 0 Å². The minimum absolute atomic E-state index is 0. The van der Waals surface area contributed by atoms with Crippen LogP contribution in [-0.2, 0) is 17.9 Å². The first-order valence-corrected chi connectivity index (χ1v) is 8.54. The van der Waals surface area contributed by atoms with Crippen LogP contribution >= 0.6 is 24.0 Å². The molecule has 1 N–H and O–H groups in total. The molecule has 0 heterocycles. The van der Waals surface area contributed by atoms with Gasteiger partial charge in [-0.1, -0.05) is 23.7 Å². The third-order valence-corrected chi connectivity index (χ3v) is 3.76. The molecule has 26 heavy (non-hydrogen) atoms. The minimum Gasteiger partial charge on any atom is -0.490 e. The van der Waals surface area contributed by atoms with Gasteiger partial charge in [0.05, 0.1) is 18.2 Å². The molecule has 0 aliphatic carbocycles. The fraction of sp³-hybridized carbons (Fsp3) is 0.368. The maximum Gasteiger partial charge on any atom is 0.180 e. The number of methoxy groups -OCH3 is 1. The molecule has 0 bridgehead atoms. The molecule has 4 nitrogen and oxygen atoms in total. The fourth-order valence-corrected chi connectivity index (χ4v) is 2.56. The zero-order valence-corrected chi connectivity index (χ0v) is 16.5. The Hall–Kier alpha value is -1.53. The number of nitrogens with one attached hydrogen (secondary N) is 1. The second kappa shape index (κ2) is 12.0. The lowest BCUT2D eigenvalue weighted by Crippen LogP contribution is -2.18. The molecular formula is C19H24Cl2FNO3. The molecule has 2 rings (SSSR count). The summed E-state index contributed by atoms with van der Waals surface area (Å²) < 4.78 is 29.5. The molecule has 0 saturated carbocycles. The number of ether oxygens (including phenoxy) is 3. The summed E-state index contributed by atoms with van der Waals surface area (Å²) in [6, 6.07) is 9.92. The normalized spacial score (nSPS) is 10.3. The van der Waals surface area contributed by atoms with Crippen molar-refractivity contribution in [2.24, 2.45) is 0 Å². The fourth-order valence-electron chi connectivity index (χ4n) is 2.27. The summed E-state index contributed by atoms with van der Waals surface area (Å²) in [5, 5.41) is 3.75. The van der Waals surface area contributed by atoms with Crippen LogP contribution in [0.25, 0.3) is 0 Å². The van der Waals surface area contributed by atoms with Crippen molar-refractivity contribution >= 4 is 24.0 Å². The summed E-state index contributed by atoms with van der Waals surface area (Å²) in [6.45, 7) is 4.74. The van der Waals surface area contributed by atoms with Crippen molar-refractivity contribution in [3.05, 3.63) is 58.4 Å². The molecule has 7 heteroatoms. The summed E-state index contributed by atoms with van der Waals surface area (Å²) in [5.41, 5.74) is 1.85. The SMILES string of the molecule is CCOc1cc(CNCCOC)cc(Cl)c1OCc1ccc(F)cc1.Cl. The van der Waals surface area contributed by atoms with Gasteiger partial charge in [0.1, 0.15) is 12.4 Å². The lowest BCUT2D eigenvalue weighted by molar-refractivity contribution is 0.199. The van der Waals surface area contributed by atoms with Gasteiger partial charge in [-0.25, -0.2) is 4.39 Å². The van der Waals surface area contributed by atoms with Crippen LogP contribution in [0.15, 0.2) is 36.4 Å². The number of benzene rings is 2. The Balaban J connectivity index is 0.00000338. The number of hydrogen-bond acceptors (Lipinski definition) is 4. The highest BCUT2D eigenvalue weighted by molar-refractivity contribution is 6.32. The van der Waals surface area contributed by atoms with Gasteiger partial charge in [0, 0.05) is 20.2 Å². The van der Waals surface area contributed by atoms with Gasteiger partial charge < -0.3 is 19.5 Å². The Morgan fingerprint density at radius 3 is 2.46 bits per heavy atom. The lowest BCUT2D eigenvalue weighted by Gasteiger charge is -2.15. The average Bonchev–Trinajstić information content (AvgIpc) is 2.60. The molecule has 0 atom stereocenters. The van der Waals surface area contributed by atoms with Crippen LogP contribution in [0.5, 0.6) is 11.5 Å². The van der Waals surface area contributed by atoms with Crippen LogP contribution in [-0.4, -0.2) is 26.9 Å². The zero-order chi connectivity index (χ0) is 18.1. The number of hydrogen-bond donors (Lipinski definition) is 1. The smallest absolute Gasteiger partial charge is 0.180 e. The van der Waals surface area contributed by atoms with Gasteiger partial charge in [-0.2, -0.15) is 0 Å². The first-order chi connectivity index (χ1) is 12.1. The van der Waals surface area contributed by atoms with E-state index in [1.165, 1.54) is 12.1 Å². The summed E-state index contributed by atoms with van der Waals surface area (Å²) in [5.74, 6) is 0.816. The lowest BCUT2D eigenvalue weighted by atomic mass is 10.2. The molecule has 0 aliphatic heterocycles. The Kier molecular flexibility index (Phi) is 10.4. The molecule has 0 aromatic heterocycles. The molecule has 0 fully saturated rings. The van der Waals surface area contributed by atoms with Crippen molar-refractivity contribution in [2.45, 2.75) is 20.1 Å². The molecule has 0 spiro atoms. The third kappa shape index (κ3) is 7.00. The third-order valence-electron chi connectivity index (χ3n) is 3.48. The highest BCUT2D eigenvalue weighted by Gasteiger charge is 2.13. The summed E-state index contributed by atoms with van der Waals surface area (Å²) in [7, 11) is 1.67. The van der Waals surface area contributed by atoms with E-state index in [4.69, 9.17) is 25.8 Å². The van der Waals surface area contributed by atoms with Crippen LogP contribution in [0.2, 0.25) is 5.02 Å². The molecule has 0 saturated heterocycles. The maximum absolute atomic E-state index is 13.0. The molecule has 2 aromatic rings. The van der Waals surface area contributed by atoms with Crippen LogP contribution in [0, 0.1) is 5.82 Å². The monoisotopic (exact) mass is 403 g/mol. The summed E-state index contributed by atoms with van der Waals surface area (Å²) in [4.78, 5) is 0. The van der Waals surface area contributed by atoms with E-state index < -0.39 is 0 Å². The minimum atomic E-state index is -0.276. The van der Waals surface area contributed by atoms with Gasteiger partial charge in [-0.15, -0.1) is 12.4 Å². The van der Waals surface area contributed by atoms with E-state index in [-0.39, 0.29) is 24.8 Å².